The molecule has 1 aliphatic heterocycles. The highest BCUT2D eigenvalue weighted by molar-refractivity contribution is 9.10. The third kappa shape index (κ3) is 5.34. The summed E-state index contributed by atoms with van der Waals surface area (Å²) in [6, 6.07) is 8.03. The number of piperidine rings is 1. The van der Waals surface area contributed by atoms with Gasteiger partial charge in [0.15, 0.2) is 5.82 Å². The van der Waals surface area contributed by atoms with Crippen LogP contribution >= 0.6 is 39.1 Å². The Morgan fingerprint density at radius 1 is 1.17 bits per heavy atom. The summed E-state index contributed by atoms with van der Waals surface area (Å²) in [5.74, 6) is -1.14. The third-order valence-corrected chi connectivity index (χ3v) is 6.71. The largest absolute Gasteiger partial charge is 0.369 e. The van der Waals surface area contributed by atoms with Crippen molar-refractivity contribution in [2.24, 2.45) is 11.7 Å². The molecule has 0 unspecified atom stereocenters. The van der Waals surface area contributed by atoms with Gasteiger partial charge in [-0.05, 0) is 65.5 Å². The molecule has 3 amide bonds. The summed E-state index contributed by atoms with van der Waals surface area (Å²) >= 11 is 15.8. The lowest BCUT2D eigenvalue weighted by Crippen LogP contribution is -2.42. The number of benzene rings is 1. The Morgan fingerprint density at radius 3 is 2.54 bits per heavy atom. The van der Waals surface area contributed by atoms with E-state index in [1.807, 2.05) is 0 Å². The van der Waals surface area contributed by atoms with E-state index in [-0.39, 0.29) is 34.8 Å². The van der Waals surface area contributed by atoms with E-state index in [9.17, 15) is 14.4 Å². The fourth-order valence-electron chi connectivity index (χ4n) is 4.00. The number of hydrogen-bond donors (Lipinski definition) is 2. The maximum Gasteiger partial charge on any atom is 0.274 e. The van der Waals surface area contributed by atoms with Crippen molar-refractivity contribution in [3.63, 3.8) is 0 Å². The van der Waals surface area contributed by atoms with E-state index < -0.39 is 5.91 Å². The van der Waals surface area contributed by atoms with E-state index in [0.29, 0.717) is 51.8 Å². The van der Waals surface area contributed by atoms with Crippen LogP contribution in [0.25, 0.3) is 5.82 Å². The lowest BCUT2D eigenvalue weighted by molar-refractivity contribution is -0.123. The van der Waals surface area contributed by atoms with E-state index >= 15 is 0 Å². The van der Waals surface area contributed by atoms with Gasteiger partial charge in [-0.25, -0.2) is 9.67 Å². The normalized spacial score (nSPS) is 14.1. The zero-order valence-corrected chi connectivity index (χ0v) is 21.7. The van der Waals surface area contributed by atoms with Crippen LogP contribution in [0.3, 0.4) is 0 Å². The van der Waals surface area contributed by atoms with Crippen molar-refractivity contribution in [2.45, 2.75) is 19.8 Å². The van der Waals surface area contributed by atoms with Crippen LogP contribution in [0.15, 0.2) is 41.1 Å². The van der Waals surface area contributed by atoms with Gasteiger partial charge in [0.2, 0.25) is 5.91 Å². The molecule has 3 heterocycles. The number of nitrogens with zero attached hydrogens (tertiary/aromatic N) is 4. The summed E-state index contributed by atoms with van der Waals surface area (Å²) in [5, 5.41) is 7.80. The Morgan fingerprint density at radius 2 is 1.89 bits per heavy atom. The van der Waals surface area contributed by atoms with Gasteiger partial charge < -0.3 is 16.0 Å². The number of aromatic nitrogens is 3. The first kappa shape index (κ1) is 25.2. The predicted octanol–water partition coefficient (Wildman–Crippen LogP) is 4.23. The number of primary amides is 1. The van der Waals surface area contributed by atoms with Crippen molar-refractivity contribution in [1.82, 2.24) is 19.7 Å². The van der Waals surface area contributed by atoms with Gasteiger partial charge in [0.05, 0.1) is 16.3 Å². The van der Waals surface area contributed by atoms with E-state index in [0.717, 1.165) is 0 Å². The quantitative estimate of drug-likeness (QED) is 0.468. The van der Waals surface area contributed by atoms with E-state index in [1.165, 1.54) is 16.8 Å². The number of aryl methyl sites for hydroxylation is 1. The first-order chi connectivity index (χ1) is 16.7. The second kappa shape index (κ2) is 10.3. The molecule has 4 rings (SSSR count). The van der Waals surface area contributed by atoms with Crippen molar-refractivity contribution in [1.29, 1.82) is 0 Å². The summed E-state index contributed by atoms with van der Waals surface area (Å²) in [5.41, 5.74) is 6.76. The van der Waals surface area contributed by atoms with Crippen molar-refractivity contribution >= 4 is 62.5 Å². The number of pyridine rings is 1. The fourth-order valence-corrected chi connectivity index (χ4v) is 4.85. The number of nitrogens with two attached hydrogens (primary N) is 1. The molecule has 0 aliphatic carbocycles. The van der Waals surface area contributed by atoms with Gasteiger partial charge in [0, 0.05) is 36.3 Å². The minimum Gasteiger partial charge on any atom is -0.369 e. The van der Waals surface area contributed by atoms with Crippen LogP contribution in [0.5, 0.6) is 0 Å². The summed E-state index contributed by atoms with van der Waals surface area (Å²) in [7, 11) is 0. The summed E-state index contributed by atoms with van der Waals surface area (Å²) < 4.78 is 1.73. The van der Waals surface area contributed by atoms with Crippen LogP contribution in [0.2, 0.25) is 10.0 Å². The van der Waals surface area contributed by atoms with Gasteiger partial charge in [0.25, 0.3) is 11.8 Å². The molecule has 9 nitrogen and oxygen atoms in total. The molecule has 0 bridgehead atoms. The molecule has 3 N–H and O–H groups in total. The lowest BCUT2D eigenvalue weighted by atomic mass is 9.95. The van der Waals surface area contributed by atoms with Crippen LogP contribution in [-0.4, -0.2) is 50.5 Å². The monoisotopic (exact) mass is 578 g/mol. The fraction of sp³-hybridized carbons (Fsp3) is 0.261. The molecule has 1 fully saturated rings. The minimum absolute atomic E-state index is 0.160. The molecule has 0 radical (unpaired) electrons. The SMILES string of the molecule is Cc1cc(Cl)cc(C(=O)N2CCC(C(N)=O)CC2)c1NC(=O)c1cc(Br)nn1-c1ncccc1Cl. The number of amides is 3. The standard InChI is InChI=1S/C23H21BrCl2N6O3/c1-12-9-14(25)10-15(23(35)31-7-4-13(5-8-31)20(27)33)19(12)29-22(34)17-11-18(24)30-32(17)21-16(26)3-2-6-28-21/h2-3,6,9-11,13H,4-5,7-8H2,1H3,(H2,27,33)(H,29,34). The minimum atomic E-state index is -0.517. The third-order valence-electron chi connectivity index (χ3n) is 5.81. The molecule has 1 aromatic carbocycles. The zero-order valence-electron chi connectivity index (χ0n) is 18.6. The maximum absolute atomic E-state index is 13.4. The number of halogens is 3. The molecular formula is C23H21BrCl2N6O3. The number of hydrogen-bond acceptors (Lipinski definition) is 5. The van der Waals surface area contributed by atoms with E-state index in [4.69, 9.17) is 28.9 Å². The van der Waals surface area contributed by atoms with Gasteiger partial charge in [-0.2, -0.15) is 5.10 Å². The Hall–Kier alpha value is -2.95. The Kier molecular flexibility index (Phi) is 7.44. The van der Waals surface area contributed by atoms with Crippen LogP contribution in [0, 0.1) is 12.8 Å². The van der Waals surface area contributed by atoms with Gasteiger partial charge in [0.1, 0.15) is 10.3 Å². The average molecular weight is 580 g/mol. The van der Waals surface area contributed by atoms with Crippen LogP contribution < -0.4 is 11.1 Å². The number of carbonyl (C=O) groups excluding carboxylic acids is 3. The van der Waals surface area contributed by atoms with E-state index in [2.05, 4.69) is 31.3 Å². The second-order valence-corrected chi connectivity index (χ2v) is 9.80. The predicted molar refractivity (Wildman–Crippen MR) is 136 cm³/mol. The first-order valence-corrected chi connectivity index (χ1v) is 12.3. The molecule has 1 aliphatic rings. The van der Waals surface area contributed by atoms with Crippen molar-refractivity contribution < 1.29 is 14.4 Å². The lowest BCUT2D eigenvalue weighted by Gasteiger charge is -2.31. The topological polar surface area (TPSA) is 123 Å². The summed E-state index contributed by atoms with van der Waals surface area (Å²) in [6.45, 7) is 2.51. The summed E-state index contributed by atoms with van der Waals surface area (Å²) in [4.78, 5) is 44.1. The molecule has 0 atom stereocenters. The van der Waals surface area contributed by atoms with E-state index in [1.54, 1.807) is 36.2 Å². The number of carbonyl (C=O) groups is 3. The van der Waals surface area contributed by atoms with Gasteiger partial charge >= 0.3 is 0 Å². The van der Waals surface area contributed by atoms with Crippen LogP contribution in [0.4, 0.5) is 5.69 Å². The Labute approximate surface area is 219 Å². The highest BCUT2D eigenvalue weighted by Crippen LogP contribution is 2.30. The van der Waals surface area contributed by atoms with Crippen molar-refractivity contribution in [2.75, 3.05) is 18.4 Å². The van der Waals surface area contributed by atoms with Crippen molar-refractivity contribution in [3.05, 3.63) is 68.0 Å². The molecule has 2 aromatic heterocycles. The highest BCUT2D eigenvalue weighted by Gasteiger charge is 2.29. The maximum atomic E-state index is 13.4. The first-order valence-electron chi connectivity index (χ1n) is 10.7. The Balaban J connectivity index is 1.65. The second-order valence-electron chi connectivity index (χ2n) is 8.14. The number of nitrogens with one attached hydrogen (secondary N) is 1. The summed E-state index contributed by atoms with van der Waals surface area (Å²) in [6.07, 6.45) is 2.51. The number of anilines is 1. The average Bonchev–Trinajstić information content (AvgIpc) is 3.22. The molecule has 0 spiro atoms. The van der Waals surface area contributed by atoms with Crippen molar-refractivity contribution in [3.8, 4) is 5.82 Å². The molecule has 1 saturated heterocycles. The van der Waals surface area contributed by atoms with Gasteiger partial charge in [-0.15, -0.1) is 0 Å². The van der Waals surface area contributed by atoms with Gasteiger partial charge in [-0.1, -0.05) is 23.2 Å². The smallest absolute Gasteiger partial charge is 0.274 e. The van der Waals surface area contributed by atoms with Crippen LogP contribution in [-0.2, 0) is 4.79 Å². The molecular weight excluding hydrogens is 559 g/mol. The molecule has 182 valence electrons. The van der Waals surface area contributed by atoms with Crippen LogP contribution in [0.1, 0.15) is 39.3 Å². The molecule has 3 aromatic rings. The molecule has 12 heteroatoms. The highest BCUT2D eigenvalue weighted by atomic mass is 79.9. The molecule has 0 saturated carbocycles. The number of likely N-dealkylation sites (tertiary alicyclic amines) is 1. The zero-order chi connectivity index (χ0) is 25.3. The van der Waals surface area contributed by atoms with Gasteiger partial charge in [-0.3, -0.25) is 14.4 Å². The Bertz CT molecular complexity index is 1320. The molecule has 35 heavy (non-hydrogen) atoms. The number of rotatable bonds is 5.